The molecule has 25 heavy (non-hydrogen) atoms. The Kier molecular flexibility index (Phi) is 5.11. The first-order valence-electron chi connectivity index (χ1n) is 7.97. The van der Waals surface area contributed by atoms with E-state index in [9.17, 15) is 4.79 Å². The van der Waals surface area contributed by atoms with Crippen molar-refractivity contribution >= 4 is 17.6 Å². The van der Waals surface area contributed by atoms with Gasteiger partial charge in [0.05, 0.1) is 12.7 Å². The number of hydrogen-bond acceptors (Lipinski definition) is 5. The summed E-state index contributed by atoms with van der Waals surface area (Å²) in [6.45, 7) is 0.445. The molecule has 1 amide bonds. The van der Waals surface area contributed by atoms with E-state index in [0.29, 0.717) is 18.3 Å². The van der Waals surface area contributed by atoms with Crippen LogP contribution in [-0.4, -0.2) is 29.4 Å². The van der Waals surface area contributed by atoms with Crippen LogP contribution in [0.1, 0.15) is 5.56 Å². The number of hydrogen-bond donors (Lipinski definition) is 2. The number of benzene rings is 2. The number of nitrogens with one attached hydrogen (secondary N) is 1. The summed E-state index contributed by atoms with van der Waals surface area (Å²) in [5.41, 5.74) is 8.19. The van der Waals surface area contributed by atoms with Gasteiger partial charge in [-0.3, -0.25) is 4.79 Å². The summed E-state index contributed by atoms with van der Waals surface area (Å²) in [5.74, 6) is 0.529. The molecule has 0 spiro atoms. The predicted octanol–water partition coefficient (Wildman–Crippen LogP) is 3.00. The lowest BCUT2D eigenvalue weighted by Gasteiger charge is -2.17. The number of likely N-dealkylation sites (N-methyl/N-ethyl adjacent to an activating group) is 1. The van der Waals surface area contributed by atoms with Crippen LogP contribution in [0.5, 0.6) is 0 Å². The monoisotopic (exact) mass is 336 g/mol. The normalized spacial score (nSPS) is 10.5. The van der Waals surface area contributed by atoms with Crippen LogP contribution in [0.3, 0.4) is 0 Å². The molecule has 2 aromatic carbocycles. The van der Waals surface area contributed by atoms with Gasteiger partial charge >= 0.3 is 0 Å². The Bertz CT molecular complexity index is 845. The fraction of sp³-hybridized carbons (Fsp3) is 0.158. The number of oxazole rings is 1. The summed E-state index contributed by atoms with van der Waals surface area (Å²) < 4.78 is 5.83. The predicted molar refractivity (Wildman–Crippen MR) is 97.2 cm³/mol. The number of nitrogens with two attached hydrogens (primary N) is 1. The third-order valence-corrected chi connectivity index (χ3v) is 3.82. The van der Waals surface area contributed by atoms with Gasteiger partial charge in [-0.1, -0.05) is 42.5 Å². The Morgan fingerprint density at radius 1 is 1.16 bits per heavy atom. The molecule has 3 aromatic rings. The first kappa shape index (κ1) is 16.7. The first-order valence-corrected chi connectivity index (χ1v) is 7.97. The zero-order valence-corrected chi connectivity index (χ0v) is 14.0. The van der Waals surface area contributed by atoms with Gasteiger partial charge in [-0.15, -0.1) is 0 Å². The van der Waals surface area contributed by atoms with E-state index >= 15 is 0 Å². The number of carbonyl (C=O) groups is 1. The van der Waals surface area contributed by atoms with Crippen LogP contribution in [0.2, 0.25) is 0 Å². The van der Waals surface area contributed by atoms with Crippen LogP contribution < -0.4 is 11.1 Å². The van der Waals surface area contributed by atoms with Crippen molar-refractivity contribution in [3.8, 4) is 11.3 Å². The highest BCUT2D eigenvalue weighted by molar-refractivity contribution is 5.78. The molecule has 6 heteroatoms. The van der Waals surface area contributed by atoms with Gasteiger partial charge in [-0.2, -0.15) is 0 Å². The number of para-hydroxylation sites is 1. The fourth-order valence-electron chi connectivity index (χ4n) is 2.50. The quantitative estimate of drug-likeness (QED) is 0.723. The van der Waals surface area contributed by atoms with Gasteiger partial charge in [0.25, 0.3) is 6.01 Å². The topological polar surface area (TPSA) is 84.4 Å². The third kappa shape index (κ3) is 4.05. The summed E-state index contributed by atoms with van der Waals surface area (Å²) in [4.78, 5) is 17.6. The van der Waals surface area contributed by atoms with Crippen LogP contribution in [0.4, 0.5) is 11.7 Å². The van der Waals surface area contributed by atoms with Crippen LogP contribution >= 0.6 is 0 Å². The maximum Gasteiger partial charge on any atom is 0.299 e. The molecule has 1 heterocycles. The van der Waals surface area contributed by atoms with E-state index in [1.807, 2.05) is 54.6 Å². The van der Waals surface area contributed by atoms with Crippen LogP contribution in [0.15, 0.2) is 65.2 Å². The Balaban J connectivity index is 1.82. The average Bonchev–Trinajstić information content (AvgIpc) is 3.10. The first-order chi connectivity index (χ1) is 12.2. The van der Waals surface area contributed by atoms with Crippen molar-refractivity contribution in [2.24, 2.45) is 5.73 Å². The van der Waals surface area contributed by atoms with Gasteiger partial charge in [0.2, 0.25) is 5.91 Å². The van der Waals surface area contributed by atoms with Crippen molar-refractivity contribution in [2.45, 2.75) is 6.54 Å². The fourth-order valence-corrected chi connectivity index (χ4v) is 2.50. The van der Waals surface area contributed by atoms with Crippen LogP contribution in [-0.2, 0) is 11.3 Å². The molecule has 3 N–H and O–H groups in total. The Morgan fingerprint density at radius 2 is 1.88 bits per heavy atom. The Hall–Kier alpha value is -3.12. The summed E-state index contributed by atoms with van der Waals surface area (Å²) in [6.07, 6.45) is 1.68. The lowest BCUT2D eigenvalue weighted by Crippen LogP contribution is -2.32. The molecule has 128 valence electrons. The SMILES string of the molecule is CN(Cc1ccccc1-c1cnc(Nc2ccccc2)o1)C(=O)CN. The van der Waals surface area contributed by atoms with Crippen molar-refractivity contribution in [1.29, 1.82) is 0 Å². The maximum atomic E-state index is 11.7. The number of aromatic nitrogens is 1. The van der Waals surface area contributed by atoms with Crippen molar-refractivity contribution in [2.75, 3.05) is 18.9 Å². The highest BCUT2D eigenvalue weighted by atomic mass is 16.4. The molecule has 0 unspecified atom stereocenters. The number of nitrogens with zero attached hydrogens (tertiary/aromatic N) is 2. The Morgan fingerprint density at radius 3 is 2.64 bits per heavy atom. The average molecular weight is 336 g/mol. The highest BCUT2D eigenvalue weighted by Gasteiger charge is 2.14. The maximum absolute atomic E-state index is 11.7. The van der Waals surface area contributed by atoms with Crippen LogP contribution in [0, 0.1) is 0 Å². The van der Waals surface area contributed by atoms with E-state index in [4.69, 9.17) is 10.2 Å². The zero-order valence-electron chi connectivity index (χ0n) is 14.0. The second kappa shape index (κ2) is 7.63. The number of carbonyl (C=O) groups excluding carboxylic acids is 1. The second-order valence-electron chi connectivity index (χ2n) is 5.63. The van der Waals surface area contributed by atoms with E-state index in [-0.39, 0.29) is 12.5 Å². The zero-order chi connectivity index (χ0) is 17.6. The molecule has 0 saturated heterocycles. The van der Waals surface area contributed by atoms with Gasteiger partial charge in [-0.05, 0) is 17.7 Å². The third-order valence-electron chi connectivity index (χ3n) is 3.82. The van der Waals surface area contributed by atoms with E-state index in [0.717, 1.165) is 16.8 Å². The lowest BCUT2D eigenvalue weighted by molar-refractivity contribution is -0.128. The molecule has 0 bridgehead atoms. The minimum Gasteiger partial charge on any atom is -0.423 e. The van der Waals surface area contributed by atoms with Crippen molar-refractivity contribution in [3.05, 3.63) is 66.4 Å². The largest absolute Gasteiger partial charge is 0.423 e. The van der Waals surface area contributed by atoms with E-state index in [1.54, 1.807) is 18.1 Å². The smallest absolute Gasteiger partial charge is 0.299 e. The summed E-state index contributed by atoms with van der Waals surface area (Å²) in [5, 5.41) is 3.12. The van der Waals surface area contributed by atoms with Gasteiger partial charge in [-0.25, -0.2) is 4.98 Å². The molecule has 0 radical (unpaired) electrons. The number of anilines is 2. The molecular weight excluding hydrogens is 316 g/mol. The highest BCUT2D eigenvalue weighted by Crippen LogP contribution is 2.28. The standard InChI is InChI=1S/C19H20N4O2/c1-23(18(24)11-20)13-14-7-5-6-10-16(14)17-12-21-19(25-17)22-15-8-3-2-4-9-15/h2-10,12H,11,13,20H2,1H3,(H,21,22). The summed E-state index contributed by atoms with van der Waals surface area (Å²) in [7, 11) is 1.73. The molecule has 1 aromatic heterocycles. The van der Waals surface area contributed by atoms with E-state index in [2.05, 4.69) is 10.3 Å². The number of rotatable bonds is 6. The van der Waals surface area contributed by atoms with Gasteiger partial charge in [0.1, 0.15) is 0 Å². The molecule has 0 saturated carbocycles. The minimum absolute atomic E-state index is 0.00782. The minimum atomic E-state index is -0.112. The summed E-state index contributed by atoms with van der Waals surface area (Å²) in [6, 6.07) is 17.9. The molecular formula is C19H20N4O2. The number of amides is 1. The van der Waals surface area contributed by atoms with E-state index in [1.165, 1.54) is 0 Å². The van der Waals surface area contributed by atoms with Crippen molar-refractivity contribution in [3.63, 3.8) is 0 Å². The van der Waals surface area contributed by atoms with Gasteiger partial charge in [0, 0.05) is 24.8 Å². The molecule has 3 rings (SSSR count). The van der Waals surface area contributed by atoms with Crippen molar-refractivity contribution < 1.29 is 9.21 Å². The van der Waals surface area contributed by atoms with Crippen LogP contribution in [0.25, 0.3) is 11.3 Å². The van der Waals surface area contributed by atoms with Crippen molar-refractivity contribution in [1.82, 2.24) is 9.88 Å². The molecule has 0 aliphatic rings. The molecule has 0 fully saturated rings. The molecule has 0 aliphatic heterocycles. The molecule has 6 nitrogen and oxygen atoms in total. The summed E-state index contributed by atoms with van der Waals surface area (Å²) >= 11 is 0. The van der Waals surface area contributed by atoms with E-state index < -0.39 is 0 Å². The molecule has 0 aliphatic carbocycles. The molecule has 0 atom stereocenters. The van der Waals surface area contributed by atoms with Gasteiger partial charge < -0.3 is 20.4 Å². The lowest BCUT2D eigenvalue weighted by atomic mass is 10.1. The van der Waals surface area contributed by atoms with Gasteiger partial charge in [0.15, 0.2) is 5.76 Å². The Labute approximate surface area is 146 Å². The second-order valence-corrected chi connectivity index (χ2v) is 5.63.